The number of aliphatic imine (C=N–C) groups is 1. The van der Waals surface area contributed by atoms with Gasteiger partial charge in [0.1, 0.15) is 0 Å². The molecule has 0 saturated carbocycles. The maximum Gasteiger partial charge on any atom is 0.212 e. The number of hydrogen-bond acceptors (Lipinski definition) is 5. The summed E-state index contributed by atoms with van der Waals surface area (Å²) in [5.41, 5.74) is 3.33. The maximum absolute atomic E-state index is 5.47. The van der Waals surface area contributed by atoms with E-state index < -0.39 is 5.72 Å². The van der Waals surface area contributed by atoms with Crippen LogP contribution in [0, 0.1) is 0 Å². The first kappa shape index (κ1) is 8.82. The molecule has 2 aliphatic rings. The van der Waals surface area contributed by atoms with E-state index >= 15 is 0 Å². The minimum absolute atomic E-state index is 0.501. The number of nitrogens with one attached hydrogen (secondary N) is 1. The van der Waals surface area contributed by atoms with Crippen molar-refractivity contribution >= 4 is 5.84 Å². The standard InChI is InChI=1S/C10H11N3O2/c1-4-11-5-2-8(1)9-12-10(15-13-9)3-6-14-7-10/h1-2,4-5H,3,6-7H2,(H,12,13). The molecule has 1 spiro atoms. The SMILES string of the molecule is c1cc(C2=NC3(CCOC3)ON2)ccn1. The molecule has 1 aromatic heterocycles. The van der Waals surface area contributed by atoms with Crippen LogP contribution in [-0.2, 0) is 9.57 Å². The molecule has 5 nitrogen and oxygen atoms in total. The van der Waals surface area contributed by atoms with Crippen molar-refractivity contribution in [3.8, 4) is 0 Å². The fraction of sp³-hybridized carbons (Fsp3) is 0.400. The highest BCUT2D eigenvalue weighted by atomic mass is 16.7. The average molecular weight is 205 g/mol. The zero-order valence-corrected chi connectivity index (χ0v) is 8.14. The molecule has 1 N–H and O–H groups in total. The lowest BCUT2D eigenvalue weighted by atomic mass is 10.2. The van der Waals surface area contributed by atoms with Crippen LogP contribution in [0.4, 0.5) is 0 Å². The number of amidine groups is 1. The van der Waals surface area contributed by atoms with Gasteiger partial charge in [0.15, 0.2) is 5.84 Å². The first-order chi connectivity index (χ1) is 7.38. The summed E-state index contributed by atoms with van der Waals surface area (Å²) in [4.78, 5) is 13.9. The summed E-state index contributed by atoms with van der Waals surface area (Å²) >= 11 is 0. The number of rotatable bonds is 1. The summed E-state index contributed by atoms with van der Waals surface area (Å²) in [6.07, 6.45) is 4.26. The first-order valence-corrected chi connectivity index (χ1v) is 4.90. The van der Waals surface area contributed by atoms with Crippen LogP contribution in [-0.4, -0.2) is 29.8 Å². The van der Waals surface area contributed by atoms with Crippen LogP contribution >= 0.6 is 0 Å². The molecule has 0 aliphatic carbocycles. The Balaban J connectivity index is 1.90. The normalized spacial score (nSPS) is 29.2. The zero-order valence-electron chi connectivity index (χ0n) is 8.14. The summed E-state index contributed by atoms with van der Waals surface area (Å²) in [5.74, 6) is 0.753. The number of aromatic nitrogens is 1. The van der Waals surface area contributed by atoms with E-state index in [1.54, 1.807) is 12.4 Å². The van der Waals surface area contributed by atoms with Gasteiger partial charge in [-0.3, -0.25) is 4.98 Å². The van der Waals surface area contributed by atoms with E-state index in [0.717, 1.165) is 17.8 Å². The molecule has 0 bridgehead atoms. The molecule has 5 heteroatoms. The van der Waals surface area contributed by atoms with E-state index in [9.17, 15) is 0 Å². The largest absolute Gasteiger partial charge is 0.376 e. The minimum Gasteiger partial charge on any atom is -0.376 e. The minimum atomic E-state index is -0.501. The van der Waals surface area contributed by atoms with Crippen LogP contribution in [0.5, 0.6) is 0 Å². The van der Waals surface area contributed by atoms with Gasteiger partial charge in [0.2, 0.25) is 5.72 Å². The van der Waals surface area contributed by atoms with E-state index in [2.05, 4.69) is 15.5 Å². The van der Waals surface area contributed by atoms with Crippen molar-refractivity contribution in [3.05, 3.63) is 30.1 Å². The molecule has 1 atom stereocenters. The van der Waals surface area contributed by atoms with Gasteiger partial charge >= 0.3 is 0 Å². The number of ether oxygens (including phenoxy) is 1. The van der Waals surface area contributed by atoms with Crippen LogP contribution in [0.2, 0.25) is 0 Å². The molecular formula is C10H11N3O2. The van der Waals surface area contributed by atoms with Crippen LogP contribution < -0.4 is 5.48 Å². The molecule has 78 valence electrons. The van der Waals surface area contributed by atoms with Gasteiger partial charge in [-0.05, 0) is 12.1 Å². The smallest absolute Gasteiger partial charge is 0.212 e. The Morgan fingerprint density at radius 3 is 2.93 bits per heavy atom. The van der Waals surface area contributed by atoms with Gasteiger partial charge in [-0.2, -0.15) is 0 Å². The third-order valence-electron chi connectivity index (χ3n) is 2.57. The molecule has 3 heterocycles. The molecule has 3 rings (SSSR count). The lowest BCUT2D eigenvalue weighted by Gasteiger charge is -2.13. The Labute approximate surface area is 87.1 Å². The number of hydrogen-bond donors (Lipinski definition) is 1. The van der Waals surface area contributed by atoms with Crippen molar-refractivity contribution in [3.63, 3.8) is 0 Å². The van der Waals surface area contributed by atoms with E-state index in [-0.39, 0.29) is 0 Å². The summed E-state index contributed by atoms with van der Waals surface area (Å²) in [6.45, 7) is 1.23. The van der Waals surface area contributed by atoms with Crippen molar-refractivity contribution < 1.29 is 9.57 Å². The van der Waals surface area contributed by atoms with Crippen molar-refractivity contribution in [2.45, 2.75) is 12.1 Å². The van der Waals surface area contributed by atoms with Crippen LogP contribution in [0.3, 0.4) is 0 Å². The van der Waals surface area contributed by atoms with Gasteiger partial charge in [-0.1, -0.05) is 0 Å². The molecule has 0 amide bonds. The van der Waals surface area contributed by atoms with Gasteiger partial charge < -0.3 is 4.74 Å². The highest BCUT2D eigenvalue weighted by Gasteiger charge is 2.41. The van der Waals surface area contributed by atoms with Crippen molar-refractivity contribution in [2.75, 3.05) is 13.2 Å². The topological polar surface area (TPSA) is 55.7 Å². The molecule has 1 saturated heterocycles. The molecule has 1 fully saturated rings. The second-order valence-electron chi connectivity index (χ2n) is 3.65. The quantitative estimate of drug-likeness (QED) is 0.724. The predicted molar refractivity (Wildman–Crippen MR) is 53.2 cm³/mol. The zero-order chi connectivity index (χ0) is 10.1. The van der Waals surface area contributed by atoms with Crippen LogP contribution in [0.25, 0.3) is 0 Å². The molecule has 1 unspecified atom stereocenters. The van der Waals surface area contributed by atoms with Gasteiger partial charge in [-0.15, -0.1) is 0 Å². The first-order valence-electron chi connectivity index (χ1n) is 4.90. The van der Waals surface area contributed by atoms with Gasteiger partial charge in [0.05, 0.1) is 13.2 Å². The molecule has 15 heavy (non-hydrogen) atoms. The lowest BCUT2D eigenvalue weighted by Crippen LogP contribution is -2.30. The number of nitrogens with zero attached hydrogens (tertiary/aromatic N) is 2. The highest BCUT2D eigenvalue weighted by Crippen LogP contribution is 2.27. The van der Waals surface area contributed by atoms with Gasteiger partial charge in [0.25, 0.3) is 0 Å². The average Bonchev–Trinajstić information content (AvgIpc) is 2.91. The summed E-state index contributed by atoms with van der Waals surface area (Å²) in [6, 6.07) is 3.79. The summed E-state index contributed by atoms with van der Waals surface area (Å²) in [7, 11) is 0. The molecule has 0 aromatic carbocycles. The lowest BCUT2D eigenvalue weighted by molar-refractivity contribution is -0.0564. The Bertz CT molecular complexity index is 385. The third kappa shape index (κ3) is 1.49. The predicted octanol–water partition coefficient (Wildman–Crippen LogP) is 0.480. The number of hydroxylamine groups is 1. The molecule has 0 radical (unpaired) electrons. The van der Waals surface area contributed by atoms with Crippen LogP contribution in [0.1, 0.15) is 12.0 Å². The fourth-order valence-electron chi connectivity index (χ4n) is 1.73. The second-order valence-corrected chi connectivity index (χ2v) is 3.65. The van der Waals surface area contributed by atoms with Crippen molar-refractivity contribution in [2.24, 2.45) is 4.99 Å². The fourth-order valence-corrected chi connectivity index (χ4v) is 1.73. The Morgan fingerprint density at radius 2 is 2.20 bits per heavy atom. The summed E-state index contributed by atoms with van der Waals surface area (Å²) in [5, 5.41) is 0. The van der Waals surface area contributed by atoms with E-state index in [1.807, 2.05) is 12.1 Å². The van der Waals surface area contributed by atoms with Crippen LogP contribution in [0.15, 0.2) is 29.5 Å². The highest BCUT2D eigenvalue weighted by molar-refractivity contribution is 5.98. The van der Waals surface area contributed by atoms with Gasteiger partial charge in [-0.25, -0.2) is 15.3 Å². The van der Waals surface area contributed by atoms with Gasteiger partial charge in [0, 0.05) is 24.4 Å². The van der Waals surface area contributed by atoms with Crippen molar-refractivity contribution in [1.29, 1.82) is 0 Å². The van der Waals surface area contributed by atoms with E-state index in [0.29, 0.717) is 13.2 Å². The second kappa shape index (κ2) is 3.29. The summed E-state index contributed by atoms with van der Waals surface area (Å²) < 4.78 is 5.28. The Kier molecular flexibility index (Phi) is 1.93. The molecule has 2 aliphatic heterocycles. The van der Waals surface area contributed by atoms with E-state index in [1.165, 1.54) is 0 Å². The Morgan fingerprint density at radius 1 is 1.33 bits per heavy atom. The monoisotopic (exact) mass is 205 g/mol. The van der Waals surface area contributed by atoms with Crippen molar-refractivity contribution in [1.82, 2.24) is 10.5 Å². The maximum atomic E-state index is 5.47. The molecule has 1 aromatic rings. The Hall–Kier alpha value is -1.46. The third-order valence-corrected chi connectivity index (χ3v) is 2.57. The van der Waals surface area contributed by atoms with E-state index in [4.69, 9.17) is 9.57 Å². The number of pyridine rings is 1. The molecular weight excluding hydrogens is 194 g/mol.